The number of nitrogens with zero attached hydrogens (tertiary/aromatic N) is 1. The highest BCUT2D eigenvalue weighted by Crippen LogP contribution is 2.31. The van der Waals surface area contributed by atoms with Crippen molar-refractivity contribution in [1.29, 1.82) is 0 Å². The van der Waals surface area contributed by atoms with Crippen LogP contribution >= 0.6 is 24.0 Å². The van der Waals surface area contributed by atoms with Crippen LogP contribution in [0.1, 0.15) is 25.3 Å². The third-order valence-electron chi connectivity index (χ3n) is 3.33. The second-order valence-electron chi connectivity index (χ2n) is 5.63. The molecule has 0 aromatic heterocycles. The number of aliphatic imine (C=N–C) groups is 1. The van der Waals surface area contributed by atoms with Gasteiger partial charge in [-0.3, -0.25) is 4.99 Å². The summed E-state index contributed by atoms with van der Waals surface area (Å²) in [6.45, 7) is 2.61. The summed E-state index contributed by atoms with van der Waals surface area (Å²) in [7, 11) is 0. The van der Waals surface area contributed by atoms with E-state index in [-0.39, 0.29) is 42.9 Å². The molecule has 0 aliphatic heterocycles. The van der Waals surface area contributed by atoms with Crippen LogP contribution in [0.15, 0.2) is 29.3 Å². The van der Waals surface area contributed by atoms with Crippen molar-refractivity contribution in [3.8, 4) is 5.75 Å². The summed E-state index contributed by atoms with van der Waals surface area (Å²) >= 11 is 0. The molecule has 1 aliphatic carbocycles. The summed E-state index contributed by atoms with van der Waals surface area (Å²) in [4.78, 5) is 4.25. The molecule has 1 aromatic carbocycles. The zero-order chi connectivity index (χ0) is 17.6. The Bertz CT molecular complexity index is 566. The number of hydrogen-bond acceptors (Lipinski definition) is 3. The molecule has 5 nitrogen and oxygen atoms in total. The quantitative estimate of drug-likeness (QED) is 0.324. The van der Waals surface area contributed by atoms with E-state index >= 15 is 0 Å². The van der Waals surface area contributed by atoms with Crippen LogP contribution in [0.2, 0.25) is 0 Å². The Morgan fingerprint density at radius 2 is 2.12 bits per heavy atom. The lowest BCUT2D eigenvalue weighted by Gasteiger charge is -2.14. The molecule has 1 unspecified atom stereocenters. The molecule has 0 spiro atoms. The lowest BCUT2D eigenvalue weighted by molar-refractivity contribution is -0.137. The molecule has 1 saturated carbocycles. The summed E-state index contributed by atoms with van der Waals surface area (Å²) in [6, 6.07) is 5.01. The highest BCUT2D eigenvalue weighted by atomic mass is 127. The number of ether oxygens (including phenoxy) is 1. The van der Waals surface area contributed by atoms with Crippen LogP contribution in [-0.2, 0) is 6.18 Å². The van der Waals surface area contributed by atoms with E-state index in [2.05, 4.69) is 15.6 Å². The number of guanidine groups is 1. The third kappa shape index (κ3) is 8.13. The summed E-state index contributed by atoms with van der Waals surface area (Å²) in [5, 5.41) is 16.2. The summed E-state index contributed by atoms with van der Waals surface area (Å²) in [6.07, 6.45) is -3.12. The molecule has 1 aliphatic rings. The Morgan fingerprint density at radius 1 is 1.40 bits per heavy atom. The topological polar surface area (TPSA) is 65.9 Å². The van der Waals surface area contributed by atoms with Gasteiger partial charge in [0.25, 0.3) is 0 Å². The molecule has 1 aromatic rings. The molecule has 142 valence electrons. The zero-order valence-electron chi connectivity index (χ0n) is 13.8. The molecular formula is C16H23F3IN3O2. The number of alkyl halides is 3. The van der Waals surface area contributed by atoms with Gasteiger partial charge in [-0.2, -0.15) is 13.2 Å². The smallest absolute Gasteiger partial charge is 0.416 e. The van der Waals surface area contributed by atoms with Gasteiger partial charge in [0.15, 0.2) is 5.96 Å². The Morgan fingerprint density at radius 3 is 2.72 bits per heavy atom. The van der Waals surface area contributed by atoms with Gasteiger partial charge in [-0.25, -0.2) is 0 Å². The standard InChI is InChI=1S/C16H22F3N3O2.HI/c1-2-20-15(22-12-6-7-12)21-9-13(23)10-24-14-5-3-4-11(8-14)16(17,18)19;/h3-5,8,12-13,23H,2,6-7,9-10H2,1H3,(H2,20,21,22);1H. The van der Waals surface area contributed by atoms with Crippen LogP contribution in [0.5, 0.6) is 5.75 Å². The predicted octanol–water partition coefficient (Wildman–Crippen LogP) is 2.78. The first-order valence-corrected chi connectivity index (χ1v) is 7.91. The first-order valence-electron chi connectivity index (χ1n) is 7.91. The van der Waals surface area contributed by atoms with E-state index in [1.54, 1.807) is 0 Å². The molecule has 25 heavy (non-hydrogen) atoms. The summed E-state index contributed by atoms with van der Waals surface area (Å²) in [5.74, 6) is 0.689. The van der Waals surface area contributed by atoms with Gasteiger partial charge in [0.05, 0.1) is 12.1 Å². The zero-order valence-corrected chi connectivity index (χ0v) is 16.2. The molecular weight excluding hydrogens is 450 g/mol. The van der Waals surface area contributed by atoms with E-state index in [1.807, 2.05) is 6.92 Å². The first kappa shape index (κ1) is 21.8. The molecule has 1 fully saturated rings. The van der Waals surface area contributed by atoms with Crippen LogP contribution in [0, 0.1) is 0 Å². The van der Waals surface area contributed by atoms with Crippen molar-refractivity contribution in [1.82, 2.24) is 10.6 Å². The maximum atomic E-state index is 12.6. The fraction of sp³-hybridized carbons (Fsp3) is 0.562. The van der Waals surface area contributed by atoms with Crippen molar-refractivity contribution in [2.24, 2.45) is 4.99 Å². The summed E-state index contributed by atoms with van der Waals surface area (Å²) in [5.41, 5.74) is -0.782. The van der Waals surface area contributed by atoms with Gasteiger partial charge < -0.3 is 20.5 Å². The minimum absolute atomic E-state index is 0. The van der Waals surface area contributed by atoms with Crippen molar-refractivity contribution in [3.05, 3.63) is 29.8 Å². The number of aliphatic hydroxyl groups is 1. The number of nitrogens with one attached hydrogen (secondary N) is 2. The monoisotopic (exact) mass is 473 g/mol. The third-order valence-corrected chi connectivity index (χ3v) is 3.33. The molecule has 3 N–H and O–H groups in total. The van der Waals surface area contributed by atoms with Gasteiger partial charge >= 0.3 is 6.18 Å². The highest BCUT2D eigenvalue weighted by molar-refractivity contribution is 14.0. The maximum Gasteiger partial charge on any atom is 0.416 e. The fourth-order valence-electron chi connectivity index (χ4n) is 1.95. The van der Waals surface area contributed by atoms with Crippen molar-refractivity contribution in [2.75, 3.05) is 19.7 Å². The summed E-state index contributed by atoms with van der Waals surface area (Å²) < 4.78 is 43.1. The van der Waals surface area contributed by atoms with Gasteiger partial charge in [-0.1, -0.05) is 6.07 Å². The maximum absolute atomic E-state index is 12.6. The number of hydrogen-bond donors (Lipinski definition) is 3. The highest BCUT2D eigenvalue weighted by Gasteiger charge is 2.30. The molecule has 9 heteroatoms. The minimum atomic E-state index is -4.42. The normalized spacial score (nSPS) is 16.0. The van der Waals surface area contributed by atoms with Crippen LogP contribution in [0.25, 0.3) is 0 Å². The Kier molecular flexibility index (Phi) is 8.77. The average Bonchev–Trinajstić information content (AvgIpc) is 3.34. The average molecular weight is 473 g/mol. The van der Waals surface area contributed by atoms with Gasteiger partial charge in [0.1, 0.15) is 18.5 Å². The number of aliphatic hydroxyl groups excluding tert-OH is 1. The lowest BCUT2D eigenvalue weighted by Crippen LogP contribution is -2.39. The fourth-order valence-corrected chi connectivity index (χ4v) is 1.95. The Balaban J connectivity index is 0.00000312. The van der Waals surface area contributed by atoms with E-state index in [4.69, 9.17) is 4.74 Å². The SMILES string of the molecule is CCNC(=NCC(O)COc1cccc(C(F)(F)F)c1)NC1CC1.I. The van der Waals surface area contributed by atoms with Gasteiger partial charge in [0.2, 0.25) is 0 Å². The molecule has 0 bridgehead atoms. The van der Waals surface area contributed by atoms with Crippen molar-refractivity contribution in [2.45, 2.75) is 38.1 Å². The van der Waals surface area contributed by atoms with Crippen LogP contribution in [0.3, 0.4) is 0 Å². The second-order valence-corrected chi connectivity index (χ2v) is 5.63. The lowest BCUT2D eigenvalue weighted by atomic mass is 10.2. The Labute approximate surface area is 162 Å². The molecule has 0 heterocycles. The molecule has 1 atom stereocenters. The van der Waals surface area contributed by atoms with E-state index in [0.29, 0.717) is 18.5 Å². The second kappa shape index (κ2) is 10.0. The van der Waals surface area contributed by atoms with Gasteiger partial charge in [-0.15, -0.1) is 24.0 Å². The van der Waals surface area contributed by atoms with E-state index in [9.17, 15) is 18.3 Å². The largest absolute Gasteiger partial charge is 0.491 e. The number of benzene rings is 1. The Hall–Kier alpha value is -1.23. The molecule has 0 radical (unpaired) electrons. The molecule has 2 rings (SSSR count). The van der Waals surface area contributed by atoms with E-state index < -0.39 is 17.8 Å². The van der Waals surface area contributed by atoms with E-state index in [0.717, 1.165) is 25.0 Å². The van der Waals surface area contributed by atoms with Gasteiger partial charge in [-0.05, 0) is 38.0 Å². The number of halogens is 4. The molecule has 0 saturated heterocycles. The number of rotatable bonds is 7. The van der Waals surface area contributed by atoms with Gasteiger partial charge in [0, 0.05) is 12.6 Å². The van der Waals surface area contributed by atoms with Crippen molar-refractivity contribution < 1.29 is 23.0 Å². The van der Waals surface area contributed by atoms with Crippen molar-refractivity contribution in [3.63, 3.8) is 0 Å². The van der Waals surface area contributed by atoms with Crippen LogP contribution in [0.4, 0.5) is 13.2 Å². The van der Waals surface area contributed by atoms with Crippen molar-refractivity contribution >= 4 is 29.9 Å². The van der Waals surface area contributed by atoms with Crippen LogP contribution < -0.4 is 15.4 Å². The predicted molar refractivity (Wildman–Crippen MR) is 100 cm³/mol. The molecule has 0 amide bonds. The van der Waals surface area contributed by atoms with E-state index in [1.165, 1.54) is 12.1 Å². The first-order chi connectivity index (χ1) is 11.4. The van der Waals surface area contributed by atoms with Crippen LogP contribution in [-0.4, -0.2) is 42.9 Å². The minimum Gasteiger partial charge on any atom is -0.491 e.